The molecule has 14 rings (SSSR count). The van der Waals surface area contributed by atoms with Gasteiger partial charge in [-0.1, -0.05) is 147 Å². The van der Waals surface area contributed by atoms with Gasteiger partial charge in [0.05, 0.1) is 11.0 Å². The summed E-state index contributed by atoms with van der Waals surface area (Å²) in [5.41, 5.74) is 18.5. The Morgan fingerprint density at radius 2 is 1.04 bits per heavy atom. The topological polar surface area (TPSA) is 21.3 Å². The van der Waals surface area contributed by atoms with E-state index in [1.807, 2.05) is 11.3 Å². The highest BCUT2D eigenvalue weighted by Gasteiger charge is 2.36. The second-order valence-corrected chi connectivity index (χ2v) is 19.5. The Morgan fingerprint density at radius 3 is 1.88 bits per heavy atom. The molecule has 0 fully saturated rings. The minimum atomic E-state index is -0.126. The first-order valence-corrected chi connectivity index (χ1v) is 23.9. The molecule has 0 aliphatic heterocycles. The van der Waals surface area contributed by atoms with Crippen molar-refractivity contribution in [1.82, 2.24) is 4.57 Å². The highest BCUT2D eigenvalue weighted by Crippen LogP contribution is 2.52. The number of furan rings is 1. The van der Waals surface area contributed by atoms with Gasteiger partial charge in [0.1, 0.15) is 11.2 Å². The van der Waals surface area contributed by atoms with Crippen molar-refractivity contribution in [2.75, 3.05) is 4.90 Å². The number of benzene rings is 10. The molecule has 1 aliphatic carbocycles. The van der Waals surface area contributed by atoms with Crippen LogP contribution in [-0.2, 0) is 5.41 Å². The van der Waals surface area contributed by atoms with Gasteiger partial charge >= 0.3 is 0 Å². The summed E-state index contributed by atoms with van der Waals surface area (Å²) in [6.45, 7) is 4.71. The van der Waals surface area contributed by atoms with Crippen LogP contribution in [0.5, 0.6) is 0 Å². The van der Waals surface area contributed by atoms with Crippen LogP contribution in [0.2, 0.25) is 0 Å². The molecule has 0 N–H and O–H groups in total. The largest absolute Gasteiger partial charge is 0.456 e. The lowest BCUT2D eigenvalue weighted by Gasteiger charge is -2.28. The minimum Gasteiger partial charge on any atom is -0.456 e. The summed E-state index contributed by atoms with van der Waals surface area (Å²) in [4.78, 5) is 2.41. The van der Waals surface area contributed by atoms with E-state index in [2.05, 4.69) is 242 Å². The molecule has 4 heteroatoms. The second kappa shape index (κ2) is 14.4. The van der Waals surface area contributed by atoms with Crippen molar-refractivity contribution >= 4 is 92.3 Å². The molecule has 13 aromatic rings. The molecule has 0 saturated heterocycles. The average Bonchev–Trinajstić information content (AvgIpc) is 4.10. The molecule has 0 unspecified atom stereocenters. The summed E-state index contributed by atoms with van der Waals surface area (Å²) < 4.78 is 11.8. The summed E-state index contributed by atoms with van der Waals surface area (Å²) >= 11 is 1.86. The summed E-state index contributed by atoms with van der Waals surface area (Å²) in [6, 6.07) is 80.1. The summed E-state index contributed by atoms with van der Waals surface area (Å²) in [5.74, 6) is 0. The molecule has 3 aromatic heterocycles. The van der Waals surface area contributed by atoms with Crippen molar-refractivity contribution in [1.29, 1.82) is 0 Å². The van der Waals surface area contributed by atoms with Crippen LogP contribution in [0.3, 0.4) is 0 Å². The minimum absolute atomic E-state index is 0.126. The van der Waals surface area contributed by atoms with E-state index in [0.29, 0.717) is 0 Å². The third-order valence-electron chi connectivity index (χ3n) is 14.4. The molecule has 316 valence electrons. The highest BCUT2D eigenvalue weighted by atomic mass is 32.1. The molecule has 3 heterocycles. The molecule has 3 nitrogen and oxygen atoms in total. The van der Waals surface area contributed by atoms with Crippen LogP contribution in [0.4, 0.5) is 17.1 Å². The molecule has 0 spiro atoms. The lowest BCUT2D eigenvalue weighted by atomic mass is 9.82. The molecule has 0 bridgehead atoms. The number of anilines is 3. The first kappa shape index (κ1) is 38.1. The van der Waals surface area contributed by atoms with Gasteiger partial charge in [0.2, 0.25) is 0 Å². The molecule has 0 saturated carbocycles. The third-order valence-corrected chi connectivity index (χ3v) is 15.5. The maximum atomic E-state index is 6.79. The van der Waals surface area contributed by atoms with Crippen LogP contribution in [0.1, 0.15) is 25.0 Å². The Labute approximate surface area is 392 Å². The number of rotatable bonds is 6. The molecule has 0 amide bonds. The van der Waals surface area contributed by atoms with E-state index in [9.17, 15) is 0 Å². The molecule has 0 atom stereocenters. The van der Waals surface area contributed by atoms with Gasteiger partial charge in [-0.2, -0.15) is 0 Å². The Bertz CT molecular complexity index is 4110. The number of para-hydroxylation sites is 2. The fourth-order valence-electron chi connectivity index (χ4n) is 11.2. The summed E-state index contributed by atoms with van der Waals surface area (Å²) in [6.07, 6.45) is 0. The lowest BCUT2D eigenvalue weighted by molar-refractivity contribution is 0.660. The number of aromatic nitrogens is 1. The van der Waals surface area contributed by atoms with Gasteiger partial charge in [0.15, 0.2) is 0 Å². The fraction of sp³-hybridized carbons (Fsp3) is 0.0476. The van der Waals surface area contributed by atoms with Gasteiger partial charge in [-0.3, -0.25) is 0 Å². The second-order valence-electron chi connectivity index (χ2n) is 18.4. The lowest BCUT2D eigenvalue weighted by Crippen LogP contribution is -2.16. The first-order valence-electron chi connectivity index (χ1n) is 23.1. The number of thiophene rings is 1. The predicted molar refractivity (Wildman–Crippen MR) is 284 cm³/mol. The molecular weight excluding hydrogens is 833 g/mol. The van der Waals surface area contributed by atoms with Gasteiger partial charge in [-0.15, -0.1) is 11.3 Å². The summed E-state index contributed by atoms with van der Waals surface area (Å²) in [5, 5.41) is 7.28. The third kappa shape index (κ3) is 5.70. The normalized spacial score (nSPS) is 13.0. The predicted octanol–water partition coefficient (Wildman–Crippen LogP) is 18.2. The smallest absolute Gasteiger partial charge is 0.138 e. The van der Waals surface area contributed by atoms with Crippen molar-refractivity contribution in [3.05, 3.63) is 230 Å². The molecule has 0 radical (unpaired) electrons. The van der Waals surface area contributed by atoms with E-state index in [1.54, 1.807) is 0 Å². The Morgan fingerprint density at radius 1 is 0.418 bits per heavy atom. The number of fused-ring (bicyclic) bond motifs is 12. The van der Waals surface area contributed by atoms with Crippen molar-refractivity contribution in [2.24, 2.45) is 0 Å². The van der Waals surface area contributed by atoms with Crippen LogP contribution < -0.4 is 4.90 Å². The quantitative estimate of drug-likeness (QED) is 0.166. The molecular formula is C63H42N2OS. The zero-order valence-electron chi connectivity index (χ0n) is 37.0. The highest BCUT2D eigenvalue weighted by molar-refractivity contribution is 7.25. The standard InChI is InChI=1S/C63H42N2OS/c1-63(2)52-20-10-6-16-46(52)47-34-33-45(37-53(47)63)64(42-27-24-40(25-28-42)39-14-4-3-5-15-39)43-29-31-44(32-30-43)65-54-21-11-7-18-49(54)61-55(65)38-57-62(50-19-8-12-22-56(50)66-57)60(61)41-26-35-59-51(36-41)48-17-9-13-23-58(48)67-59/h3-38H,1-2H3. The number of nitrogens with zero attached hydrogens (tertiary/aromatic N) is 2. The van der Waals surface area contributed by atoms with Crippen molar-refractivity contribution in [3.8, 4) is 39.1 Å². The van der Waals surface area contributed by atoms with Crippen LogP contribution in [0, 0.1) is 0 Å². The van der Waals surface area contributed by atoms with Gasteiger partial charge < -0.3 is 13.9 Å². The van der Waals surface area contributed by atoms with Crippen LogP contribution in [0.15, 0.2) is 223 Å². The van der Waals surface area contributed by atoms with Gasteiger partial charge in [-0.05, 0) is 118 Å². The first-order chi connectivity index (χ1) is 33.0. The van der Waals surface area contributed by atoms with Crippen LogP contribution in [0.25, 0.3) is 103 Å². The SMILES string of the molecule is CC1(C)c2ccccc2-c2ccc(N(c3ccc(-c4ccccc4)cc3)c3ccc(-n4c5ccccc5c5c(-c6ccc7sc8ccccc8c7c6)c6c(cc54)oc4ccccc46)cc3)cc21. The average molecular weight is 875 g/mol. The van der Waals surface area contributed by atoms with Crippen LogP contribution in [-0.4, -0.2) is 4.57 Å². The summed E-state index contributed by atoms with van der Waals surface area (Å²) in [7, 11) is 0. The van der Waals surface area contributed by atoms with Crippen molar-refractivity contribution < 1.29 is 4.42 Å². The maximum absolute atomic E-state index is 6.79. The Kier molecular flexibility index (Phi) is 8.20. The van der Waals surface area contributed by atoms with E-state index in [-0.39, 0.29) is 5.41 Å². The van der Waals surface area contributed by atoms with Gasteiger partial charge in [-0.25, -0.2) is 0 Å². The number of hydrogen-bond acceptors (Lipinski definition) is 3. The zero-order valence-corrected chi connectivity index (χ0v) is 37.8. The molecule has 67 heavy (non-hydrogen) atoms. The Balaban J connectivity index is 0.965. The zero-order chi connectivity index (χ0) is 44.4. The van der Waals surface area contributed by atoms with E-state index >= 15 is 0 Å². The van der Waals surface area contributed by atoms with Crippen molar-refractivity contribution in [2.45, 2.75) is 19.3 Å². The molecule has 10 aromatic carbocycles. The fourth-order valence-corrected chi connectivity index (χ4v) is 12.3. The van der Waals surface area contributed by atoms with Crippen molar-refractivity contribution in [3.63, 3.8) is 0 Å². The van der Waals surface area contributed by atoms with E-state index in [4.69, 9.17) is 4.42 Å². The monoisotopic (exact) mass is 874 g/mol. The van der Waals surface area contributed by atoms with E-state index < -0.39 is 0 Å². The van der Waals surface area contributed by atoms with Gasteiger partial charge in [0, 0.05) is 81.5 Å². The van der Waals surface area contributed by atoms with E-state index in [0.717, 1.165) is 55.7 Å². The van der Waals surface area contributed by atoms with Crippen LogP contribution >= 0.6 is 11.3 Å². The maximum Gasteiger partial charge on any atom is 0.138 e. The molecule has 1 aliphatic rings. The Hall–Kier alpha value is -8.18. The van der Waals surface area contributed by atoms with E-state index in [1.165, 1.54) is 75.5 Å². The number of hydrogen-bond donors (Lipinski definition) is 0. The van der Waals surface area contributed by atoms with Gasteiger partial charge in [0.25, 0.3) is 0 Å².